The van der Waals surface area contributed by atoms with E-state index in [1.165, 1.54) is 6.07 Å². The summed E-state index contributed by atoms with van der Waals surface area (Å²) in [6.07, 6.45) is 0.0991. The normalized spacial score (nSPS) is 17.9. The van der Waals surface area contributed by atoms with Crippen LogP contribution in [0.3, 0.4) is 0 Å². The Labute approximate surface area is 150 Å². The molecule has 1 aliphatic rings. The average molecular weight is 366 g/mol. The first kappa shape index (κ1) is 18.2. The van der Waals surface area contributed by atoms with Gasteiger partial charge in [0.05, 0.1) is 5.56 Å². The number of aromatic nitrogens is 3. The molecular formula is C17H21F3N6. The van der Waals surface area contributed by atoms with Crippen molar-refractivity contribution in [2.75, 3.05) is 42.3 Å². The van der Waals surface area contributed by atoms with Crippen molar-refractivity contribution in [3.05, 3.63) is 36.2 Å². The molecule has 1 atom stereocenters. The molecule has 1 N–H and O–H groups in total. The van der Waals surface area contributed by atoms with Crippen LogP contribution in [0, 0.1) is 0 Å². The van der Waals surface area contributed by atoms with Crippen LogP contribution < -0.4 is 15.1 Å². The first-order valence-corrected chi connectivity index (χ1v) is 8.38. The smallest absolute Gasteiger partial charge is 0.365 e. The third-order valence-electron chi connectivity index (χ3n) is 4.22. The summed E-state index contributed by atoms with van der Waals surface area (Å²) < 4.78 is 38.0. The third-order valence-corrected chi connectivity index (χ3v) is 4.22. The first-order valence-electron chi connectivity index (χ1n) is 8.38. The number of halogens is 3. The van der Waals surface area contributed by atoms with Gasteiger partial charge in [-0.2, -0.15) is 18.2 Å². The summed E-state index contributed by atoms with van der Waals surface area (Å²) in [6, 6.07) is 4.45. The van der Waals surface area contributed by atoms with Gasteiger partial charge in [0.25, 0.3) is 0 Å². The van der Waals surface area contributed by atoms with Gasteiger partial charge in [0, 0.05) is 45.6 Å². The highest BCUT2D eigenvalue weighted by Crippen LogP contribution is 2.30. The molecule has 1 saturated heterocycles. The van der Waals surface area contributed by atoms with Crippen molar-refractivity contribution in [1.82, 2.24) is 15.0 Å². The predicted octanol–water partition coefficient (Wildman–Crippen LogP) is 3.04. The lowest BCUT2D eigenvalue weighted by Crippen LogP contribution is -2.42. The number of hydrogen-bond donors (Lipinski definition) is 1. The molecule has 0 saturated carbocycles. The summed E-state index contributed by atoms with van der Waals surface area (Å²) in [5.41, 5.74) is -0.731. The van der Waals surface area contributed by atoms with Gasteiger partial charge in [-0.05, 0) is 31.0 Å². The number of nitrogens with zero attached hydrogens (tertiary/aromatic N) is 5. The summed E-state index contributed by atoms with van der Waals surface area (Å²) in [5.74, 6) is 1.91. The van der Waals surface area contributed by atoms with Gasteiger partial charge in [0.2, 0.25) is 5.95 Å². The van der Waals surface area contributed by atoms with Gasteiger partial charge in [-0.25, -0.2) is 9.97 Å². The monoisotopic (exact) mass is 366 g/mol. The van der Waals surface area contributed by atoms with E-state index in [-0.39, 0.29) is 6.04 Å². The second-order valence-electron chi connectivity index (χ2n) is 6.47. The van der Waals surface area contributed by atoms with Crippen molar-refractivity contribution in [3.63, 3.8) is 0 Å². The van der Waals surface area contributed by atoms with Crippen LogP contribution in [-0.2, 0) is 6.18 Å². The molecule has 0 spiro atoms. The molecule has 1 fully saturated rings. The summed E-state index contributed by atoms with van der Waals surface area (Å²) in [5, 5.41) is 3.38. The minimum absolute atomic E-state index is 0.137. The Bertz CT molecular complexity index is 732. The SMILES string of the molecule is CN(C)c1nccc(NC2CCCN(c3ccc(C(F)(F)F)cn3)C2)n1. The molecular weight excluding hydrogens is 345 g/mol. The number of rotatable bonds is 4. The first-order chi connectivity index (χ1) is 12.3. The van der Waals surface area contributed by atoms with Crippen molar-refractivity contribution in [3.8, 4) is 0 Å². The lowest BCUT2D eigenvalue weighted by molar-refractivity contribution is -0.137. The molecule has 3 rings (SSSR count). The van der Waals surface area contributed by atoms with Crippen LogP contribution in [0.15, 0.2) is 30.6 Å². The minimum atomic E-state index is -4.37. The Kier molecular flexibility index (Phi) is 5.15. The number of hydrogen-bond acceptors (Lipinski definition) is 6. The van der Waals surface area contributed by atoms with Gasteiger partial charge in [0.15, 0.2) is 0 Å². The molecule has 1 aliphatic heterocycles. The number of piperidine rings is 1. The van der Waals surface area contributed by atoms with E-state index in [1.54, 1.807) is 6.20 Å². The van der Waals surface area contributed by atoms with Crippen LogP contribution in [0.2, 0.25) is 0 Å². The van der Waals surface area contributed by atoms with E-state index in [9.17, 15) is 13.2 Å². The van der Waals surface area contributed by atoms with Crippen LogP contribution in [0.1, 0.15) is 18.4 Å². The Balaban J connectivity index is 1.67. The fourth-order valence-electron chi connectivity index (χ4n) is 2.90. The van der Waals surface area contributed by atoms with E-state index >= 15 is 0 Å². The minimum Gasteiger partial charge on any atom is -0.365 e. The van der Waals surface area contributed by atoms with E-state index in [0.717, 1.165) is 37.5 Å². The van der Waals surface area contributed by atoms with E-state index in [0.29, 0.717) is 18.3 Å². The van der Waals surface area contributed by atoms with Crippen molar-refractivity contribution < 1.29 is 13.2 Å². The fraction of sp³-hybridized carbons (Fsp3) is 0.471. The number of alkyl halides is 3. The standard InChI is InChI=1S/C17H21F3N6/c1-25(2)16-21-8-7-14(24-16)23-13-4-3-9-26(11-13)15-6-5-12(10-22-15)17(18,19)20/h5-8,10,13H,3-4,9,11H2,1-2H3,(H,21,23,24). The van der Waals surface area contributed by atoms with Crippen LogP contribution in [-0.4, -0.2) is 48.2 Å². The molecule has 26 heavy (non-hydrogen) atoms. The lowest BCUT2D eigenvalue weighted by atomic mass is 10.1. The molecule has 140 valence electrons. The molecule has 3 heterocycles. The third kappa shape index (κ3) is 4.33. The topological polar surface area (TPSA) is 57.2 Å². The fourth-order valence-corrected chi connectivity index (χ4v) is 2.90. The molecule has 0 radical (unpaired) electrons. The maximum Gasteiger partial charge on any atom is 0.417 e. The van der Waals surface area contributed by atoms with Crippen LogP contribution in [0.25, 0.3) is 0 Å². The van der Waals surface area contributed by atoms with Gasteiger partial charge in [-0.3, -0.25) is 0 Å². The zero-order valence-electron chi connectivity index (χ0n) is 14.7. The van der Waals surface area contributed by atoms with Crippen LogP contribution >= 0.6 is 0 Å². The van der Waals surface area contributed by atoms with Crippen molar-refractivity contribution in [2.24, 2.45) is 0 Å². The van der Waals surface area contributed by atoms with Crippen molar-refractivity contribution in [1.29, 1.82) is 0 Å². The van der Waals surface area contributed by atoms with E-state index < -0.39 is 11.7 Å². The maximum absolute atomic E-state index is 12.7. The van der Waals surface area contributed by atoms with E-state index in [1.807, 2.05) is 30.0 Å². The Morgan fingerprint density at radius 3 is 2.65 bits per heavy atom. The molecule has 0 aliphatic carbocycles. The zero-order valence-corrected chi connectivity index (χ0v) is 14.7. The molecule has 2 aromatic rings. The zero-order chi connectivity index (χ0) is 18.7. The predicted molar refractivity (Wildman–Crippen MR) is 94.5 cm³/mol. The summed E-state index contributed by atoms with van der Waals surface area (Å²) >= 11 is 0. The number of anilines is 3. The van der Waals surface area contributed by atoms with Crippen LogP contribution in [0.4, 0.5) is 30.8 Å². The Morgan fingerprint density at radius 1 is 1.19 bits per heavy atom. The Morgan fingerprint density at radius 2 is 2.00 bits per heavy atom. The quantitative estimate of drug-likeness (QED) is 0.898. The maximum atomic E-state index is 12.7. The van der Waals surface area contributed by atoms with Gasteiger partial charge in [-0.15, -0.1) is 0 Å². The number of pyridine rings is 1. The lowest BCUT2D eigenvalue weighted by Gasteiger charge is -2.34. The molecule has 0 aromatic carbocycles. The second-order valence-corrected chi connectivity index (χ2v) is 6.47. The van der Waals surface area contributed by atoms with Gasteiger partial charge in [-0.1, -0.05) is 0 Å². The summed E-state index contributed by atoms with van der Waals surface area (Å²) in [4.78, 5) is 16.4. The van der Waals surface area contributed by atoms with Gasteiger partial charge < -0.3 is 15.1 Å². The highest BCUT2D eigenvalue weighted by Gasteiger charge is 2.31. The number of nitrogens with one attached hydrogen (secondary N) is 1. The molecule has 2 aromatic heterocycles. The van der Waals surface area contributed by atoms with Crippen LogP contribution in [0.5, 0.6) is 0 Å². The summed E-state index contributed by atoms with van der Waals surface area (Å²) in [7, 11) is 3.75. The largest absolute Gasteiger partial charge is 0.417 e. The molecule has 0 amide bonds. The van der Waals surface area contributed by atoms with E-state index in [4.69, 9.17) is 0 Å². The average Bonchev–Trinajstić information content (AvgIpc) is 2.61. The van der Waals surface area contributed by atoms with Crippen molar-refractivity contribution in [2.45, 2.75) is 25.1 Å². The highest BCUT2D eigenvalue weighted by molar-refractivity contribution is 5.44. The highest BCUT2D eigenvalue weighted by atomic mass is 19.4. The molecule has 6 nitrogen and oxygen atoms in total. The molecule has 1 unspecified atom stereocenters. The van der Waals surface area contributed by atoms with E-state index in [2.05, 4.69) is 20.3 Å². The van der Waals surface area contributed by atoms with Gasteiger partial charge >= 0.3 is 6.18 Å². The van der Waals surface area contributed by atoms with Gasteiger partial charge in [0.1, 0.15) is 11.6 Å². The molecule has 0 bridgehead atoms. The second kappa shape index (κ2) is 7.35. The molecule has 9 heteroatoms. The summed E-state index contributed by atoms with van der Waals surface area (Å²) in [6.45, 7) is 1.42. The van der Waals surface area contributed by atoms with Crippen molar-refractivity contribution >= 4 is 17.6 Å². The Hall–Kier alpha value is -2.58.